The van der Waals surface area contributed by atoms with Crippen molar-refractivity contribution in [3.8, 4) is 5.75 Å². The third-order valence-corrected chi connectivity index (χ3v) is 8.34. The first-order valence-electron chi connectivity index (χ1n) is 17.1. The fourth-order valence-corrected chi connectivity index (χ4v) is 5.63. The van der Waals surface area contributed by atoms with Crippen LogP contribution < -0.4 is 4.74 Å². The van der Waals surface area contributed by atoms with Crippen molar-refractivity contribution in [1.82, 2.24) is 0 Å². The summed E-state index contributed by atoms with van der Waals surface area (Å²) in [7, 11) is 0. The third-order valence-electron chi connectivity index (χ3n) is 8.34. The van der Waals surface area contributed by atoms with E-state index in [2.05, 4.69) is 39.8 Å². The molecule has 0 saturated heterocycles. The van der Waals surface area contributed by atoms with E-state index >= 15 is 0 Å². The summed E-state index contributed by atoms with van der Waals surface area (Å²) in [6, 6.07) is 15.9. The second kappa shape index (κ2) is 22.5. The Kier molecular flexibility index (Phi) is 19.2. The molecule has 2 rings (SSSR count). The molecule has 2 atom stereocenters. The average Bonchev–Trinajstić information content (AvgIpc) is 2.99. The fourth-order valence-electron chi connectivity index (χ4n) is 5.63. The molecule has 0 aromatic heterocycles. The summed E-state index contributed by atoms with van der Waals surface area (Å²) < 4.78 is 11.7. The summed E-state index contributed by atoms with van der Waals surface area (Å²) >= 11 is 0. The van der Waals surface area contributed by atoms with Crippen molar-refractivity contribution in [2.24, 2.45) is 0 Å². The summed E-state index contributed by atoms with van der Waals surface area (Å²) in [5.74, 6) is 0.883. The van der Waals surface area contributed by atoms with Crippen LogP contribution in [0, 0.1) is 0 Å². The molecule has 0 N–H and O–H groups in total. The van der Waals surface area contributed by atoms with Crippen LogP contribution in [0.25, 0.3) is 0 Å². The summed E-state index contributed by atoms with van der Waals surface area (Å²) in [4.78, 5) is 12.8. The Morgan fingerprint density at radius 3 is 1.66 bits per heavy atom. The molecule has 0 aliphatic heterocycles. The number of unbranched alkanes of at least 4 members (excludes halogenated alkanes) is 13. The molecule has 0 spiro atoms. The zero-order chi connectivity index (χ0) is 29.5. The Balaban J connectivity index is 1.74. The van der Waals surface area contributed by atoms with E-state index in [-0.39, 0.29) is 12.1 Å². The molecule has 41 heavy (non-hydrogen) atoms. The van der Waals surface area contributed by atoms with Gasteiger partial charge in [-0.05, 0) is 67.5 Å². The molecular formula is C38H60O3. The molecule has 0 bridgehead atoms. The molecule has 3 heteroatoms. The SMILES string of the molecule is CCCCCCCCCCCC(CCC)c1ccc(OC(=O)c2ccc(C(C)OCCCCCCCC)cc2)cc1. The highest BCUT2D eigenvalue weighted by atomic mass is 16.5. The largest absolute Gasteiger partial charge is 0.423 e. The van der Waals surface area contributed by atoms with Crippen LogP contribution in [0.2, 0.25) is 0 Å². The van der Waals surface area contributed by atoms with E-state index in [0.717, 1.165) is 18.6 Å². The Hall–Kier alpha value is -2.13. The smallest absolute Gasteiger partial charge is 0.343 e. The maximum atomic E-state index is 12.8. The minimum Gasteiger partial charge on any atom is -0.423 e. The van der Waals surface area contributed by atoms with Gasteiger partial charge in [-0.1, -0.05) is 141 Å². The number of carbonyl (C=O) groups is 1. The van der Waals surface area contributed by atoms with Gasteiger partial charge in [-0.2, -0.15) is 0 Å². The van der Waals surface area contributed by atoms with Crippen molar-refractivity contribution in [2.45, 2.75) is 155 Å². The number of rotatable bonds is 24. The zero-order valence-corrected chi connectivity index (χ0v) is 26.9. The predicted octanol–water partition coefficient (Wildman–Crippen LogP) is 12.1. The third kappa shape index (κ3) is 15.1. The lowest BCUT2D eigenvalue weighted by Gasteiger charge is -2.17. The first-order valence-corrected chi connectivity index (χ1v) is 17.1. The lowest BCUT2D eigenvalue weighted by molar-refractivity contribution is 0.0626. The standard InChI is InChI=1S/C38H60O3/c1-5-8-10-12-14-15-16-17-19-22-34(21-7-3)35-27-29-37(30-28-35)41-38(39)36-25-23-33(24-26-36)32(4)40-31-20-18-13-11-9-6-2/h23-30,32,34H,5-22,31H2,1-4H3. The molecule has 0 aliphatic carbocycles. The molecule has 0 radical (unpaired) electrons. The first kappa shape index (κ1) is 35.1. The van der Waals surface area contributed by atoms with Gasteiger partial charge >= 0.3 is 5.97 Å². The molecule has 0 aliphatic rings. The van der Waals surface area contributed by atoms with Crippen LogP contribution >= 0.6 is 0 Å². The topological polar surface area (TPSA) is 35.5 Å². The number of ether oxygens (including phenoxy) is 2. The van der Waals surface area contributed by atoms with Crippen molar-refractivity contribution in [2.75, 3.05) is 6.61 Å². The highest BCUT2D eigenvalue weighted by Crippen LogP contribution is 2.29. The highest BCUT2D eigenvalue weighted by molar-refractivity contribution is 5.91. The molecule has 230 valence electrons. The number of hydrogen-bond donors (Lipinski definition) is 0. The van der Waals surface area contributed by atoms with E-state index in [9.17, 15) is 4.79 Å². The summed E-state index contributed by atoms with van der Waals surface area (Å²) in [6.07, 6.45) is 23.6. The maximum Gasteiger partial charge on any atom is 0.343 e. The van der Waals surface area contributed by atoms with Gasteiger partial charge in [0.25, 0.3) is 0 Å². The summed E-state index contributed by atoms with van der Waals surface area (Å²) in [5, 5.41) is 0. The van der Waals surface area contributed by atoms with Gasteiger partial charge < -0.3 is 9.47 Å². The van der Waals surface area contributed by atoms with Crippen LogP contribution in [0.15, 0.2) is 48.5 Å². The van der Waals surface area contributed by atoms with Crippen LogP contribution in [-0.2, 0) is 4.74 Å². The van der Waals surface area contributed by atoms with Crippen LogP contribution in [0.1, 0.15) is 177 Å². The summed E-state index contributed by atoms with van der Waals surface area (Å²) in [5.41, 5.74) is 3.02. The van der Waals surface area contributed by atoms with Gasteiger partial charge in [0.15, 0.2) is 0 Å². The summed E-state index contributed by atoms with van der Waals surface area (Å²) in [6.45, 7) is 9.66. The van der Waals surface area contributed by atoms with Crippen LogP contribution in [0.4, 0.5) is 0 Å². The molecule has 2 unspecified atom stereocenters. The van der Waals surface area contributed by atoms with Gasteiger partial charge in [0.1, 0.15) is 5.75 Å². The van der Waals surface area contributed by atoms with E-state index in [4.69, 9.17) is 9.47 Å². The normalized spacial score (nSPS) is 12.8. The van der Waals surface area contributed by atoms with Gasteiger partial charge in [0.2, 0.25) is 0 Å². The van der Waals surface area contributed by atoms with Crippen molar-refractivity contribution in [3.63, 3.8) is 0 Å². The quantitative estimate of drug-likeness (QED) is 0.0722. The molecule has 3 nitrogen and oxygen atoms in total. The monoisotopic (exact) mass is 564 g/mol. The van der Waals surface area contributed by atoms with Crippen molar-refractivity contribution in [3.05, 3.63) is 65.2 Å². The molecule has 2 aromatic rings. The fraction of sp³-hybridized carbons (Fsp3) is 0.658. The van der Waals surface area contributed by atoms with Crippen molar-refractivity contribution < 1.29 is 14.3 Å². The van der Waals surface area contributed by atoms with Gasteiger partial charge in [-0.25, -0.2) is 4.79 Å². The van der Waals surface area contributed by atoms with Crippen LogP contribution in [0.3, 0.4) is 0 Å². The second-order valence-electron chi connectivity index (χ2n) is 12.0. The Morgan fingerprint density at radius 1 is 0.585 bits per heavy atom. The lowest BCUT2D eigenvalue weighted by atomic mass is 9.89. The number of hydrogen-bond acceptors (Lipinski definition) is 3. The second-order valence-corrected chi connectivity index (χ2v) is 12.0. The predicted molar refractivity (Wildman–Crippen MR) is 175 cm³/mol. The van der Waals surface area contributed by atoms with Crippen LogP contribution in [-0.4, -0.2) is 12.6 Å². The van der Waals surface area contributed by atoms with Gasteiger partial charge in [-0.3, -0.25) is 0 Å². The van der Waals surface area contributed by atoms with E-state index in [1.807, 2.05) is 36.4 Å². The van der Waals surface area contributed by atoms with E-state index in [1.54, 1.807) is 0 Å². The first-order chi connectivity index (χ1) is 20.1. The van der Waals surface area contributed by atoms with E-state index in [0.29, 0.717) is 17.2 Å². The Labute approximate surface area is 252 Å². The molecule has 0 fully saturated rings. The number of carbonyl (C=O) groups excluding carboxylic acids is 1. The molecule has 0 heterocycles. The van der Waals surface area contributed by atoms with Gasteiger partial charge in [0, 0.05) is 6.61 Å². The molecule has 0 amide bonds. The minimum atomic E-state index is -0.315. The van der Waals surface area contributed by atoms with Gasteiger partial charge in [-0.15, -0.1) is 0 Å². The zero-order valence-electron chi connectivity index (χ0n) is 26.9. The lowest BCUT2D eigenvalue weighted by Crippen LogP contribution is -2.09. The van der Waals surface area contributed by atoms with Crippen molar-refractivity contribution in [1.29, 1.82) is 0 Å². The van der Waals surface area contributed by atoms with E-state index < -0.39 is 0 Å². The number of esters is 1. The Bertz CT molecular complexity index is 902. The maximum absolute atomic E-state index is 12.8. The Morgan fingerprint density at radius 2 is 1.10 bits per heavy atom. The van der Waals surface area contributed by atoms with E-state index in [1.165, 1.54) is 115 Å². The van der Waals surface area contributed by atoms with Crippen molar-refractivity contribution >= 4 is 5.97 Å². The number of benzene rings is 2. The highest BCUT2D eigenvalue weighted by Gasteiger charge is 2.14. The minimum absolute atomic E-state index is 0.0230. The van der Waals surface area contributed by atoms with Gasteiger partial charge in [0.05, 0.1) is 11.7 Å². The van der Waals surface area contributed by atoms with Crippen LogP contribution in [0.5, 0.6) is 5.75 Å². The molecule has 0 saturated carbocycles. The average molecular weight is 565 g/mol. The molecular weight excluding hydrogens is 504 g/mol. The molecule has 2 aromatic carbocycles.